The predicted molar refractivity (Wildman–Crippen MR) is 105 cm³/mol. The molecule has 0 atom stereocenters. The average Bonchev–Trinajstić information content (AvgIpc) is 3.10. The third-order valence-electron chi connectivity index (χ3n) is 4.50. The molecule has 0 fully saturated rings. The first kappa shape index (κ1) is 19.8. The third kappa shape index (κ3) is 3.43. The Morgan fingerprint density at radius 2 is 1.71 bits per heavy atom. The van der Waals surface area contributed by atoms with Crippen LogP contribution in [0, 0.1) is 0 Å². The standard InChI is InChI=1S/C20H21NO6S/c1-25-15-6-8-18-17(11-15)14(5-4-10-22)13-21(18)28(23,24)16-7-9-19(26-2)20(12-16)27-3/h6-13H,4-5H2,1-3H3. The molecule has 0 amide bonds. The van der Waals surface area contributed by atoms with Crippen LogP contribution in [0.5, 0.6) is 17.2 Å². The van der Waals surface area contributed by atoms with Gasteiger partial charge in [0.2, 0.25) is 0 Å². The molecule has 0 aliphatic rings. The second-order valence-electron chi connectivity index (χ2n) is 6.06. The zero-order chi connectivity index (χ0) is 20.3. The molecular weight excluding hydrogens is 382 g/mol. The van der Waals surface area contributed by atoms with Crippen molar-refractivity contribution in [1.82, 2.24) is 3.97 Å². The molecule has 7 nitrogen and oxygen atoms in total. The van der Waals surface area contributed by atoms with Crippen molar-refractivity contribution in [1.29, 1.82) is 0 Å². The molecule has 0 saturated heterocycles. The van der Waals surface area contributed by atoms with Crippen LogP contribution in [0.4, 0.5) is 0 Å². The Hall–Kier alpha value is -3.00. The van der Waals surface area contributed by atoms with Crippen molar-refractivity contribution >= 4 is 27.2 Å². The Labute approximate surface area is 163 Å². The van der Waals surface area contributed by atoms with Crippen LogP contribution in [0.25, 0.3) is 10.9 Å². The van der Waals surface area contributed by atoms with E-state index in [0.29, 0.717) is 35.6 Å². The molecule has 1 aromatic heterocycles. The predicted octanol–water partition coefficient (Wildman–Crippen LogP) is 3.04. The van der Waals surface area contributed by atoms with E-state index >= 15 is 0 Å². The van der Waals surface area contributed by atoms with Gasteiger partial charge in [-0.1, -0.05) is 0 Å². The maximum atomic E-state index is 13.3. The molecule has 148 valence electrons. The zero-order valence-corrected chi connectivity index (χ0v) is 16.7. The minimum absolute atomic E-state index is 0.0693. The first-order valence-corrected chi connectivity index (χ1v) is 9.99. The quantitative estimate of drug-likeness (QED) is 0.538. The fraction of sp³-hybridized carbons (Fsp3) is 0.250. The Morgan fingerprint density at radius 3 is 2.36 bits per heavy atom. The number of rotatable bonds is 8. The Morgan fingerprint density at radius 1 is 0.964 bits per heavy atom. The number of methoxy groups -OCH3 is 3. The van der Waals surface area contributed by atoms with Crippen molar-refractivity contribution in [3.63, 3.8) is 0 Å². The van der Waals surface area contributed by atoms with Gasteiger partial charge in [0.1, 0.15) is 12.0 Å². The monoisotopic (exact) mass is 403 g/mol. The van der Waals surface area contributed by atoms with Gasteiger partial charge >= 0.3 is 0 Å². The van der Waals surface area contributed by atoms with E-state index in [2.05, 4.69) is 0 Å². The van der Waals surface area contributed by atoms with Gasteiger partial charge in [-0.3, -0.25) is 0 Å². The summed E-state index contributed by atoms with van der Waals surface area (Å²) >= 11 is 0. The number of aldehydes is 1. The lowest BCUT2D eigenvalue weighted by molar-refractivity contribution is -0.107. The first-order valence-electron chi connectivity index (χ1n) is 8.55. The van der Waals surface area contributed by atoms with E-state index in [4.69, 9.17) is 14.2 Å². The molecule has 0 unspecified atom stereocenters. The van der Waals surface area contributed by atoms with E-state index in [9.17, 15) is 13.2 Å². The van der Waals surface area contributed by atoms with Gasteiger partial charge in [0.15, 0.2) is 11.5 Å². The maximum absolute atomic E-state index is 13.3. The molecule has 0 radical (unpaired) electrons. The van der Waals surface area contributed by atoms with Crippen molar-refractivity contribution in [2.75, 3.05) is 21.3 Å². The molecule has 0 aliphatic heterocycles. The molecule has 2 aromatic carbocycles. The van der Waals surface area contributed by atoms with Crippen LogP contribution < -0.4 is 14.2 Å². The summed E-state index contributed by atoms with van der Waals surface area (Å²) in [7, 11) is 0.582. The molecule has 3 aromatic rings. The van der Waals surface area contributed by atoms with Crippen molar-refractivity contribution in [3.8, 4) is 17.2 Å². The van der Waals surface area contributed by atoms with Gasteiger partial charge in [-0.2, -0.15) is 0 Å². The van der Waals surface area contributed by atoms with Gasteiger partial charge in [0.25, 0.3) is 10.0 Å². The van der Waals surface area contributed by atoms with Crippen LogP contribution in [-0.4, -0.2) is 40.0 Å². The summed E-state index contributed by atoms with van der Waals surface area (Å²) in [6.45, 7) is 0. The summed E-state index contributed by atoms with van der Waals surface area (Å²) in [6, 6.07) is 9.61. The van der Waals surface area contributed by atoms with Gasteiger partial charge < -0.3 is 19.0 Å². The molecule has 8 heteroatoms. The lowest BCUT2D eigenvalue weighted by Crippen LogP contribution is -2.12. The third-order valence-corrected chi connectivity index (χ3v) is 6.17. The van der Waals surface area contributed by atoms with Gasteiger partial charge in [-0.05, 0) is 42.3 Å². The number of fused-ring (bicyclic) bond motifs is 1. The second-order valence-corrected chi connectivity index (χ2v) is 7.88. The van der Waals surface area contributed by atoms with E-state index in [1.165, 1.54) is 30.3 Å². The van der Waals surface area contributed by atoms with Crippen LogP contribution in [-0.2, 0) is 21.2 Å². The van der Waals surface area contributed by atoms with Crippen molar-refractivity contribution in [3.05, 3.63) is 48.2 Å². The lowest BCUT2D eigenvalue weighted by atomic mass is 10.1. The number of aryl methyl sites for hydroxylation is 1. The van der Waals surface area contributed by atoms with E-state index in [-0.39, 0.29) is 4.90 Å². The first-order chi connectivity index (χ1) is 13.5. The number of carbonyl (C=O) groups is 1. The molecule has 0 saturated carbocycles. The summed E-state index contributed by atoms with van der Waals surface area (Å²) in [5, 5.41) is 0.727. The normalized spacial score (nSPS) is 11.4. The number of aromatic nitrogens is 1. The van der Waals surface area contributed by atoms with Crippen molar-refractivity contribution in [2.24, 2.45) is 0 Å². The lowest BCUT2D eigenvalue weighted by Gasteiger charge is -2.11. The maximum Gasteiger partial charge on any atom is 0.268 e. The summed E-state index contributed by atoms with van der Waals surface area (Å²) in [5.74, 6) is 1.37. The Balaban J connectivity index is 2.20. The van der Waals surface area contributed by atoms with E-state index in [1.54, 1.807) is 37.6 Å². The van der Waals surface area contributed by atoms with Crippen molar-refractivity contribution < 1.29 is 27.4 Å². The average molecular weight is 403 g/mol. The van der Waals surface area contributed by atoms with Crippen LogP contribution in [0.2, 0.25) is 0 Å². The topological polar surface area (TPSA) is 83.8 Å². The molecule has 0 bridgehead atoms. The zero-order valence-electron chi connectivity index (χ0n) is 15.8. The number of carbonyl (C=O) groups excluding carboxylic acids is 1. The highest BCUT2D eigenvalue weighted by Crippen LogP contribution is 2.33. The SMILES string of the molecule is COc1ccc2c(c1)c(CCC=O)cn2S(=O)(=O)c1ccc(OC)c(OC)c1. The molecule has 0 aliphatic carbocycles. The number of nitrogens with zero attached hydrogens (tertiary/aromatic N) is 1. The largest absolute Gasteiger partial charge is 0.497 e. The van der Waals surface area contributed by atoms with Gasteiger partial charge in [-0.15, -0.1) is 0 Å². The number of ether oxygens (including phenoxy) is 3. The summed E-state index contributed by atoms with van der Waals surface area (Å²) < 4.78 is 43.5. The molecular formula is C20H21NO6S. The fourth-order valence-electron chi connectivity index (χ4n) is 3.08. The van der Waals surface area contributed by atoms with Gasteiger partial charge in [-0.25, -0.2) is 12.4 Å². The highest BCUT2D eigenvalue weighted by Gasteiger charge is 2.23. The molecule has 0 spiro atoms. The molecule has 0 N–H and O–H groups in total. The number of benzene rings is 2. The highest BCUT2D eigenvalue weighted by molar-refractivity contribution is 7.90. The van der Waals surface area contributed by atoms with E-state index in [1.807, 2.05) is 0 Å². The Bertz CT molecular complexity index is 1120. The van der Waals surface area contributed by atoms with Gasteiger partial charge in [0, 0.05) is 24.1 Å². The minimum Gasteiger partial charge on any atom is -0.497 e. The number of hydrogen-bond donors (Lipinski definition) is 0. The van der Waals surface area contributed by atoms with Crippen LogP contribution in [0.1, 0.15) is 12.0 Å². The highest BCUT2D eigenvalue weighted by atomic mass is 32.2. The van der Waals surface area contributed by atoms with Crippen LogP contribution in [0.15, 0.2) is 47.5 Å². The Kier molecular flexibility index (Phi) is 5.60. The fourth-order valence-corrected chi connectivity index (χ4v) is 4.48. The molecule has 28 heavy (non-hydrogen) atoms. The minimum atomic E-state index is -3.89. The van der Waals surface area contributed by atoms with E-state index < -0.39 is 10.0 Å². The smallest absolute Gasteiger partial charge is 0.268 e. The van der Waals surface area contributed by atoms with Crippen LogP contribution >= 0.6 is 0 Å². The summed E-state index contributed by atoms with van der Waals surface area (Å²) in [6.07, 6.45) is 3.10. The van der Waals surface area contributed by atoms with Crippen LogP contribution in [0.3, 0.4) is 0 Å². The second kappa shape index (κ2) is 7.93. The number of hydrogen-bond acceptors (Lipinski definition) is 6. The summed E-state index contributed by atoms with van der Waals surface area (Å²) in [4.78, 5) is 10.9. The molecule has 1 heterocycles. The van der Waals surface area contributed by atoms with Crippen molar-refractivity contribution in [2.45, 2.75) is 17.7 Å². The summed E-state index contributed by atoms with van der Waals surface area (Å²) in [5.41, 5.74) is 1.27. The molecule has 3 rings (SSSR count). The van der Waals surface area contributed by atoms with E-state index in [0.717, 1.165) is 17.2 Å². The van der Waals surface area contributed by atoms with Gasteiger partial charge in [0.05, 0.1) is 31.7 Å².